The molecule has 0 amide bonds. The van der Waals surface area contributed by atoms with E-state index in [2.05, 4.69) is 64.9 Å². The number of nitrogens with one attached hydrogen (secondary N) is 1. The summed E-state index contributed by atoms with van der Waals surface area (Å²) in [5.74, 6) is 2.08. The molecule has 116 valence electrons. The number of nitrogens with zero attached hydrogens (tertiary/aromatic N) is 1. The summed E-state index contributed by atoms with van der Waals surface area (Å²) < 4.78 is 5.87. The third-order valence-electron chi connectivity index (χ3n) is 3.85. The van der Waals surface area contributed by atoms with Crippen LogP contribution in [-0.4, -0.2) is 23.5 Å². The summed E-state index contributed by atoms with van der Waals surface area (Å²) in [7, 11) is 2.21. The number of aryl methyl sites for hydroxylation is 1. The Labute approximate surface area is 124 Å². The average molecular weight is 280 g/mol. The number of furan rings is 1. The highest BCUT2D eigenvalue weighted by Gasteiger charge is 2.16. The van der Waals surface area contributed by atoms with Crippen molar-refractivity contribution in [1.29, 1.82) is 0 Å². The van der Waals surface area contributed by atoms with Gasteiger partial charge in [-0.3, -0.25) is 4.90 Å². The second-order valence-corrected chi connectivity index (χ2v) is 6.78. The van der Waals surface area contributed by atoms with Crippen LogP contribution in [0.5, 0.6) is 0 Å². The van der Waals surface area contributed by atoms with Gasteiger partial charge in [0, 0.05) is 23.7 Å². The summed E-state index contributed by atoms with van der Waals surface area (Å²) >= 11 is 0. The summed E-state index contributed by atoms with van der Waals surface area (Å²) in [4.78, 5) is 2.43. The number of rotatable bonds is 7. The maximum atomic E-state index is 5.87. The average Bonchev–Trinajstić information content (AvgIpc) is 2.68. The lowest BCUT2D eigenvalue weighted by molar-refractivity contribution is 0.220. The van der Waals surface area contributed by atoms with Gasteiger partial charge in [0.25, 0.3) is 0 Å². The molecular formula is C17H32N2O. The van der Waals surface area contributed by atoms with Gasteiger partial charge in [0.1, 0.15) is 11.5 Å². The molecule has 1 aromatic rings. The van der Waals surface area contributed by atoms with E-state index >= 15 is 0 Å². The van der Waals surface area contributed by atoms with Gasteiger partial charge in [-0.25, -0.2) is 0 Å². The van der Waals surface area contributed by atoms with E-state index in [1.807, 2.05) is 0 Å². The fourth-order valence-corrected chi connectivity index (χ4v) is 2.49. The lowest BCUT2D eigenvalue weighted by Crippen LogP contribution is -2.34. The first-order chi connectivity index (χ1) is 9.26. The largest absolute Gasteiger partial charge is 0.465 e. The summed E-state index contributed by atoms with van der Waals surface area (Å²) in [6.45, 7) is 14.9. The Bertz CT molecular complexity index is 400. The minimum Gasteiger partial charge on any atom is -0.465 e. The molecule has 3 heteroatoms. The molecule has 0 unspecified atom stereocenters. The molecule has 20 heavy (non-hydrogen) atoms. The topological polar surface area (TPSA) is 28.4 Å². The molecule has 1 rings (SSSR count). The molecule has 0 fully saturated rings. The Morgan fingerprint density at radius 3 is 2.35 bits per heavy atom. The van der Waals surface area contributed by atoms with Gasteiger partial charge in [0.15, 0.2) is 0 Å². The van der Waals surface area contributed by atoms with Crippen molar-refractivity contribution in [2.75, 3.05) is 7.05 Å². The van der Waals surface area contributed by atoms with Gasteiger partial charge in [0.05, 0.1) is 6.54 Å². The van der Waals surface area contributed by atoms with Gasteiger partial charge in [0.2, 0.25) is 0 Å². The quantitative estimate of drug-likeness (QED) is 0.815. The molecule has 0 atom stereocenters. The van der Waals surface area contributed by atoms with Crippen LogP contribution in [0.4, 0.5) is 0 Å². The SMILES string of the molecule is CCC(CC)N(C)Cc1cc(CNC(C)(C)C)oc1C. The minimum absolute atomic E-state index is 0.118. The molecule has 0 saturated heterocycles. The second kappa shape index (κ2) is 7.28. The maximum absolute atomic E-state index is 5.87. The molecule has 0 aliphatic rings. The molecule has 1 N–H and O–H groups in total. The number of hydrogen-bond acceptors (Lipinski definition) is 3. The van der Waals surface area contributed by atoms with E-state index < -0.39 is 0 Å². The third kappa shape index (κ3) is 5.29. The van der Waals surface area contributed by atoms with E-state index in [9.17, 15) is 0 Å². The predicted molar refractivity (Wildman–Crippen MR) is 85.9 cm³/mol. The van der Waals surface area contributed by atoms with Gasteiger partial charge >= 0.3 is 0 Å². The van der Waals surface area contributed by atoms with Crippen molar-refractivity contribution in [3.63, 3.8) is 0 Å². The summed E-state index contributed by atoms with van der Waals surface area (Å²) in [5.41, 5.74) is 1.43. The molecule has 0 spiro atoms. The molecular weight excluding hydrogens is 248 g/mol. The van der Waals surface area contributed by atoms with E-state index in [1.165, 1.54) is 18.4 Å². The van der Waals surface area contributed by atoms with Crippen molar-refractivity contribution in [3.8, 4) is 0 Å². The Kier molecular flexibility index (Phi) is 6.28. The first-order valence-corrected chi connectivity index (χ1v) is 7.80. The number of hydrogen-bond donors (Lipinski definition) is 1. The van der Waals surface area contributed by atoms with Crippen molar-refractivity contribution in [2.45, 2.75) is 79.1 Å². The second-order valence-electron chi connectivity index (χ2n) is 6.78. The maximum Gasteiger partial charge on any atom is 0.118 e. The Hall–Kier alpha value is -0.800. The van der Waals surface area contributed by atoms with Crippen LogP contribution >= 0.6 is 0 Å². The summed E-state index contributed by atoms with van der Waals surface area (Å²) in [6.07, 6.45) is 2.39. The fourth-order valence-electron chi connectivity index (χ4n) is 2.49. The summed E-state index contributed by atoms with van der Waals surface area (Å²) in [5, 5.41) is 3.47. The van der Waals surface area contributed by atoms with Crippen LogP contribution in [0.15, 0.2) is 10.5 Å². The third-order valence-corrected chi connectivity index (χ3v) is 3.85. The van der Waals surface area contributed by atoms with Crippen molar-refractivity contribution < 1.29 is 4.42 Å². The Morgan fingerprint density at radius 2 is 1.85 bits per heavy atom. The highest BCUT2D eigenvalue weighted by atomic mass is 16.3. The first-order valence-electron chi connectivity index (χ1n) is 7.80. The zero-order valence-corrected chi connectivity index (χ0v) is 14.3. The zero-order chi connectivity index (χ0) is 15.3. The van der Waals surface area contributed by atoms with Crippen LogP contribution in [0.2, 0.25) is 0 Å². The molecule has 0 aliphatic heterocycles. The van der Waals surface area contributed by atoms with Crippen LogP contribution in [0.3, 0.4) is 0 Å². The van der Waals surface area contributed by atoms with E-state index in [1.54, 1.807) is 0 Å². The van der Waals surface area contributed by atoms with Crippen LogP contribution < -0.4 is 5.32 Å². The van der Waals surface area contributed by atoms with Crippen molar-refractivity contribution in [2.24, 2.45) is 0 Å². The van der Waals surface area contributed by atoms with Crippen molar-refractivity contribution in [3.05, 3.63) is 23.2 Å². The molecule has 1 heterocycles. The van der Waals surface area contributed by atoms with Gasteiger partial charge in [-0.15, -0.1) is 0 Å². The summed E-state index contributed by atoms with van der Waals surface area (Å²) in [6, 6.07) is 2.85. The van der Waals surface area contributed by atoms with E-state index in [0.29, 0.717) is 6.04 Å². The smallest absolute Gasteiger partial charge is 0.118 e. The van der Waals surface area contributed by atoms with Crippen molar-refractivity contribution in [1.82, 2.24) is 10.2 Å². The van der Waals surface area contributed by atoms with E-state index in [4.69, 9.17) is 4.42 Å². The molecule has 1 aromatic heterocycles. The fraction of sp³-hybridized carbons (Fsp3) is 0.765. The molecule has 3 nitrogen and oxygen atoms in total. The highest BCUT2D eigenvalue weighted by molar-refractivity contribution is 5.21. The van der Waals surface area contributed by atoms with Gasteiger partial charge in [-0.05, 0) is 53.7 Å². The molecule has 0 saturated carbocycles. The standard InChI is InChI=1S/C17H32N2O/c1-8-15(9-2)19(7)12-14-10-16(20-13(14)3)11-18-17(4,5)6/h10,15,18H,8-9,11-12H2,1-7H3. The first kappa shape index (κ1) is 17.3. The van der Waals surface area contributed by atoms with E-state index in [-0.39, 0.29) is 5.54 Å². The van der Waals surface area contributed by atoms with Gasteiger partial charge in [-0.1, -0.05) is 13.8 Å². The van der Waals surface area contributed by atoms with Crippen LogP contribution in [0.25, 0.3) is 0 Å². The molecule has 0 bridgehead atoms. The van der Waals surface area contributed by atoms with Crippen LogP contribution in [-0.2, 0) is 13.1 Å². The Balaban J connectivity index is 2.66. The van der Waals surface area contributed by atoms with Crippen LogP contribution in [0, 0.1) is 6.92 Å². The van der Waals surface area contributed by atoms with Gasteiger partial charge < -0.3 is 9.73 Å². The van der Waals surface area contributed by atoms with Crippen LogP contribution in [0.1, 0.15) is 64.5 Å². The minimum atomic E-state index is 0.118. The lowest BCUT2D eigenvalue weighted by atomic mass is 10.1. The predicted octanol–water partition coefficient (Wildman–Crippen LogP) is 4.10. The zero-order valence-electron chi connectivity index (χ0n) is 14.3. The van der Waals surface area contributed by atoms with E-state index in [0.717, 1.165) is 24.6 Å². The Morgan fingerprint density at radius 1 is 1.25 bits per heavy atom. The van der Waals surface area contributed by atoms with Gasteiger partial charge in [-0.2, -0.15) is 0 Å². The molecule has 0 radical (unpaired) electrons. The molecule has 0 aliphatic carbocycles. The monoisotopic (exact) mass is 280 g/mol. The molecule has 0 aromatic carbocycles. The highest BCUT2D eigenvalue weighted by Crippen LogP contribution is 2.19. The lowest BCUT2D eigenvalue weighted by Gasteiger charge is -2.25. The normalized spacial score (nSPS) is 12.7. The van der Waals surface area contributed by atoms with Crippen molar-refractivity contribution >= 4 is 0 Å².